The summed E-state index contributed by atoms with van der Waals surface area (Å²) in [6.07, 6.45) is 2.42. The molecular weight excluding hydrogens is 376 g/mol. The van der Waals surface area contributed by atoms with Gasteiger partial charge in [0.05, 0.1) is 25.7 Å². The predicted molar refractivity (Wildman–Crippen MR) is 108 cm³/mol. The van der Waals surface area contributed by atoms with Gasteiger partial charge in [-0.2, -0.15) is 0 Å². The van der Waals surface area contributed by atoms with Gasteiger partial charge in [-0.15, -0.1) is 0 Å². The van der Waals surface area contributed by atoms with Gasteiger partial charge < -0.3 is 24.3 Å². The number of furan rings is 1. The van der Waals surface area contributed by atoms with Gasteiger partial charge in [0.1, 0.15) is 22.4 Å². The molecule has 3 N–H and O–H groups in total. The van der Waals surface area contributed by atoms with Crippen molar-refractivity contribution in [3.05, 3.63) is 63.5 Å². The summed E-state index contributed by atoms with van der Waals surface area (Å²) in [4.78, 5) is 11.0. The van der Waals surface area contributed by atoms with Gasteiger partial charge in [0.25, 0.3) is 0 Å². The fourth-order valence-corrected chi connectivity index (χ4v) is 3.15. The first-order chi connectivity index (χ1) is 13.9. The van der Waals surface area contributed by atoms with Gasteiger partial charge in [0, 0.05) is 19.4 Å². The molecule has 29 heavy (non-hydrogen) atoms. The van der Waals surface area contributed by atoms with E-state index in [1.165, 1.54) is 18.2 Å². The van der Waals surface area contributed by atoms with Crippen LogP contribution in [0.1, 0.15) is 18.2 Å². The van der Waals surface area contributed by atoms with Gasteiger partial charge in [-0.25, -0.2) is 0 Å². The van der Waals surface area contributed by atoms with Crippen molar-refractivity contribution in [3.63, 3.8) is 0 Å². The Morgan fingerprint density at radius 2 is 1.97 bits per heavy atom. The summed E-state index contributed by atoms with van der Waals surface area (Å²) < 4.78 is 16.2. The average molecular weight is 399 g/mol. The lowest BCUT2D eigenvalue weighted by molar-refractivity contribution is -0.604. The Morgan fingerprint density at radius 1 is 1.21 bits per heavy atom. The van der Waals surface area contributed by atoms with Crippen LogP contribution in [-0.2, 0) is 6.42 Å². The Hall–Kier alpha value is -3.52. The topological polar surface area (TPSA) is 112 Å². The lowest BCUT2D eigenvalue weighted by Crippen LogP contribution is -2.82. The minimum absolute atomic E-state index is 0.0462. The number of phenolic OH excluding ortho intramolecular Hbond substituents is 1. The molecule has 0 radical (unpaired) electrons. The van der Waals surface area contributed by atoms with E-state index < -0.39 is 4.92 Å². The van der Waals surface area contributed by atoms with Crippen molar-refractivity contribution in [1.29, 1.82) is 0 Å². The van der Waals surface area contributed by atoms with Crippen molar-refractivity contribution < 1.29 is 29.2 Å². The molecule has 3 aromatic rings. The Kier molecular flexibility index (Phi) is 6.04. The Balaban J connectivity index is 1.74. The zero-order chi connectivity index (χ0) is 21.0. The molecule has 0 atom stereocenters. The molecular formula is C21H23N2O6+. The molecule has 0 amide bonds. The van der Waals surface area contributed by atoms with E-state index in [2.05, 4.69) is 0 Å². The summed E-state index contributed by atoms with van der Waals surface area (Å²) in [6, 6.07) is 10.1. The summed E-state index contributed by atoms with van der Waals surface area (Å²) in [6.45, 7) is 2.61. The monoisotopic (exact) mass is 399 g/mol. The van der Waals surface area contributed by atoms with Crippen molar-refractivity contribution in [1.82, 2.24) is 0 Å². The van der Waals surface area contributed by atoms with Gasteiger partial charge in [-0.3, -0.25) is 10.1 Å². The van der Waals surface area contributed by atoms with Crippen LogP contribution in [0, 0.1) is 10.1 Å². The van der Waals surface area contributed by atoms with Gasteiger partial charge >= 0.3 is 5.69 Å². The number of nitrogens with two attached hydrogens (primary N) is 1. The summed E-state index contributed by atoms with van der Waals surface area (Å²) in [5.74, 6) is 1.48. The molecule has 0 fully saturated rings. The molecule has 1 aromatic heterocycles. The third-order valence-corrected chi connectivity index (χ3v) is 4.56. The van der Waals surface area contributed by atoms with Crippen LogP contribution >= 0.6 is 0 Å². The second kappa shape index (κ2) is 8.66. The molecule has 0 aliphatic heterocycles. The Morgan fingerprint density at radius 3 is 2.66 bits per heavy atom. The molecule has 0 bridgehead atoms. The number of hydrogen-bond donors (Lipinski definition) is 2. The smallest absolute Gasteiger partial charge is 0.322 e. The zero-order valence-corrected chi connectivity index (χ0v) is 16.5. The highest BCUT2D eigenvalue weighted by Gasteiger charge is 2.24. The van der Waals surface area contributed by atoms with E-state index in [1.54, 1.807) is 20.3 Å². The molecule has 0 saturated heterocycles. The van der Waals surface area contributed by atoms with Crippen molar-refractivity contribution in [3.8, 4) is 17.2 Å². The number of nitro groups is 1. The number of hydrogen-bond acceptors (Lipinski definition) is 6. The number of nitrogens with zero attached hydrogens (tertiary/aromatic N) is 1. The second-order valence-electron chi connectivity index (χ2n) is 6.57. The molecule has 0 spiro atoms. The van der Waals surface area contributed by atoms with E-state index in [0.717, 1.165) is 24.2 Å². The molecule has 0 aliphatic rings. The minimum Gasteiger partial charge on any atom is -0.508 e. The van der Waals surface area contributed by atoms with Crippen molar-refractivity contribution in [2.45, 2.75) is 13.3 Å². The van der Waals surface area contributed by atoms with Crippen LogP contribution in [0.3, 0.4) is 0 Å². The third kappa shape index (κ3) is 4.49. The first kappa shape index (κ1) is 20.2. The average Bonchev–Trinajstić information content (AvgIpc) is 3.04. The quantitative estimate of drug-likeness (QED) is 0.444. The number of ether oxygens (including phenoxy) is 2. The van der Waals surface area contributed by atoms with Crippen LogP contribution in [-0.4, -0.2) is 30.8 Å². The molecule has 1 heterocycles. The number of methoxy groups -OCH3 is 2. The SMILES string of the molecule is COc1ccc(CC[NH2+]C(C)=Cc2oc3ccc(O)cc3c2[N+](=O)[O-])cc1OC. The first-order valence-corrected chi connectivity index (χ1v) is 9.05. The maximum Gasteiger partial charge on any atom is 0.322 e. The minimum atomic E-state index is -0.492. The number of allylic oxidation sites excluding steroid dienone is 1. The van der Waals surface area contributed by atoms with Crippen LogP contribution in [0.25, 0.3) is 17.0 Å². The number of phenols is 1. The molecule has 0 aliphatic carbocycles. The summed E-state index contributed by atoms with van der Waals surface area (Å²) >= 11 is 0. The lowest BCUT2D eigenvalue weighted by Gasteiger charge is -2.09. The number of fused-ring (bicyclic) bond motifs is 1. The molecule has 3 rings (SSSR count). The number of rotatable bonds is 8. The summed E-state index contributed by atoms with van der Waals surface area (Å²) in [5.41, 5.74) is 2.15. The molecule has 0 unspecified atom stereocenters. The van der Waals surface area contributed by atoms with Crippen LogP contribution in [0.5, 0.6) is 17.2 Å². The highest BCUT2D eigenvalue weighted by molar-refractivity contribution is 5.92. The van der Waals surface area contributed by atoms with E-state index in [1.807, 2.05) is 30.4 Å². The zero-order valence-electron chi connectivity index (χ0n) is 16.5. The highest BCUT2D eigenvalue weighted by atomic mass is 16.6. The number of quaternary nitrogens is 1. The van der Waals surface area contributed by atoms with Crippen LogP contribution < -0.4 is 14.8 Å². The predicted octanol–water partition coefficient (Wildman–Crippen LogP) is 3.23. The van der Waals surface area contributed by atoms with E-state index in [4.69, 9.17) is 13.9 Å². The van der Waals surface area contributed by atoms with Crippen molar-refractivity contribution >= 4 is 22.7 Å². The van der Waals surface area contributed by atoms with E-state index in [-0.39, 0.29) is 22.6 Å². The van der Waals surface area contributed by atoms with Gasteiger partial charge in [0.15, 0.2) is 11.5 Å². The van der Waals surface area contributed by atoms with Crippen LogP contribution in [0.15, 0.2) is 46.5 Å². The van der Waals surface area contributed by atoms with E-state index in [9.17, 15) is 15.2 Å². The normalized spacial score (nSPS) is 11.6. The Labute approximate surface area is 167 Å². The number of benzene rings is 2. The van der Waals surface area contributed by atoms with Gasteiger partial charge in [0.2, 0.25) is 5.76 Å². The van der Waals surface area contributed by atoms with Gasteiger partial charge in [-0.1, -0.05) is 6.07 Å². The number of aromatic hydroxyl groups is 1. The molecule has 0 saturated carbocycles. The van der Waals surface area contributed by atoms with E-state index >= 15 is 0 Å². The van der Waals surface area contributed by atoms with Gasteiger partial charge in [-0.05, 0) is 35.9 Å². The van der Waals surface area contributed by atoms with Crippen LogP contribution in [0.4, 0.5) is 5.69 Å². The highest BCUT2D eigenvalue weighted by Crippen LogP contribution is 2.35. The summed E-state index contributed by atoms with van der Waals surface area (Å²) in [7, 11) is 3.19. The fourth-order valence-electron chi connectivity index (χ4n) is 3.15. The molecule has 2 aromatic carbocycles. The molecule has 8 nitrogen and oxygen atoms in total. The lowest BCUT2D eigenvalue weighted by atomic mass is 10.1. The maximum atomic E-state index is 11.5. The molecule has 8 heteroatoms. The van der Waals surface area contributed by atoms with Crippen molar-refractivity contribution in [2.75, 3.05) is 20.8 Å². The molecule has 152 valence electrons. The fraction of sp³-hybridized carbons (Fsp3) is 0.238. The second-order valence-corrected chi connectivity index (χ2v) is 6.57. The van der Waals surface area contributed by atoms with Crippen LogP contribution in [0.2, 0.25) is 0 Å². The first-order valence-electron chi connectivity index (χ1n) is 9.05. The van der Waals surface area contributed by atoms with E-state index in [0.29, 0.717) is 17.1 Å². The largest absolute Gasteiger partial charge is 0.508 e. The maximum absolute atomic E-state index is 11.5. The third-order valence-electron chi connectivity index (χ3n) is 4.56. The summed E-state index contributed by atoms with van der Waals surface area (Å²) in [5, 5.41) is 23.4. The van der Waals surface area contributed by atoms with Crippen molar-refractivity contribution in [2.24, 2.45) is 0 Å². The standard InChI is InChI=1S/C21H22N2O6/c1-13(22-9-8-14-4-6-18(27-2)19(11-14)28-3)10-20-21(23(25)26)16-12-15(24)5-7-17(16)29-20/h4-7,10-12,22,24H,8-9H2,1-3H3/p+1. The Bertz CT molecular complexity index is 1070.